The normalized spacial score (nSPS) is 14.7. The van der Waals surface area contributed by atoms with Crippen LogP contribution in [0, 0.1) is 0 Å². The molecule has 1 aliphatic rings. The Morgan fingerprint density at radius 2 is 1.97 bits per heavy atom. The van der Waals surface area contributed by atoms with Crippen LogP contribution in [0.5, 0.6) is 0 Å². The second-order valence-corrected chi connectivity index (χ2v) is 9.56. The van der Waals surface area contributed by atoms with Crippen LogP contribution in [0.3, 0.4) is 0 Å². The number of carbonyl (C=O) groups excluding carboxylic acids is 1. The van der Waals surface area contributed by atoms with Crippen LogP contribution in [0.4, 0.5) is 0 Å². The summed E-state index contributed by atoms with van der Waals surface area (Å²) in [5.41, 5.74) is 0.920. The van der Waals surface area contributed by atoms with Crippen molar-refractivity contribution in [3.8, 4) is 22.2 Å². The van der Waals surface area contributed by atoms with E-state index in [-0.39, 0.29) is 5.91 Å². The van der Waals surface area contributed by atoms with Crippen LogP contribution < -0.4 is 0 Å². The molecule has 4 aromatic rings. The molecular weight excluding hydrogens is 460 g/mol. The summed E-state index contributed by atoms with van der Waals surface area (Å²) in [4.78, 5) is 22.4. The molecule has 0 N–H and O–H groups in total. The molecule has 0 aliphatic carbocycles. The number of carbonyl (C=O) groups is 1. The molecule has 5 rings (SSSR count). The van der Waals surface area contributed by atoms with Crippen LogP contribution in [0.15, 0.2) is 43.3 Å². The van der Waals surface area contributed by atoms with Gasteiger partial charge in [-0.3, -0.25) is 9.69 Å². The summed E-state index contributed by atoms with van der Waals surface area (Å²) in [6.45, 7) is 4.18. The maximum atomic E-state index is 12.6. The monoisotopic (exact) mass is 484 g/mol. The van der Waals surface area contributed by atoms with Gasteiger partial charge < -0.3 is 13.8 Å². The number of aryl methyl sites for hydroxylation is 2. The fourth-order valence-electron chi connectivity index (χ4n) is 3.77. The average molecular weight is 485 g/mol. The first kappa shape index (κ1) is 21.9. The zero-order chi connectivity index (χ0) is 22.5. The lowest BCUT2D eigenvalue weighted by Crippen LogP contribution is -2.48. The van der Waals surface area contributed by atoms with Crippen LogP contribution in [0.25, 0.3) is 22.2 Å². The molecule has 0 radical (unpaired) electrons. The van der Waals surface area contributed by atoms with Crippen molar-refractivity contribution in [1.82, 2.24) is 30.1 Å². The number of nitrogens with zero attached hydrogens (tertiary/aromatic N) is 6. The molecule has 0 atom stereocenters. The second-order valence-electron chi connectivity index (χ2n) is 7.83. The van der Waals surface area contributed by atoms with Gasteiger partial charge in [0, 0.05) is 56.4 Å². The fourth-order valence-corrected chi connectivity index (χ4v) is 5.05. The average Bonchev–Trinajstić information content (AvgIpc) is 3.64. The Balaban J connectivity index is 1.00. The van der Waals surface area contributed by atoms with Crippen LogP contribution in [-0.4, -0.2) is 68.8 Å². The van der Waals surface area contributed by atoms with Crippen molar-refractivity contribution in [1.29, 1.82) is 0 Å². The predicted octanol–water partition coefficient (Wildman–Crippen LogP) is 3.62. The molecular formula is C22H24N6O3S2. The number of hydrogen-bond donors (Lipinski definition) is 0. The first-order chi connectivity index (χ1) is 16.2. The van der Waals surface area contributed by atoms with Crippen molar-refractivity contribution in [3.05, 3.63) is 46.1 Å². The highest BCUT2D eigenvalue weighted by molar-refractivity contribution is 7.13. The lowest BCUT2D eigenvalue weighted by Gasteiger charge is -2.34. The van der Waals surface area contributed by atoms with Gasteiger partial charge in [-0.05, 0) is 35.9 Å². The zero-order valence-corrected chi connectivity index (χ0v) is 19.7. The van der Waals surface area contributed by atoms with Crippen molar-refractivity contribution in [2.75, 3.05) is 32.7 Å². The van der Waals surface area contributed by atoms with E-state index in [9.17, 15) is 4.79 Å². The Kier molecular flexibility index (Phi) is 6.89. The Labute approximate surface area is 199 Å². The minimum absolute atomic E-state index is 0.136. The third-order valence-corrected chi connectivity index (χ3v) is 7.14. The molecule has 1 aliphatic heterocycles. The summed E-state index contributed by atoms with van der Waals surface area (Å²) in [7, 11) is 0. The minimum Gasteiger partial charge on any atom is -0.421 e. The first-order valence-corrected chi connectivity index (χ1v) is 12.8. The molecule has 0 bridgehead atoms. The Bertz CT molecular complexity index is 1150. The van der Waals surface area contributed by atoms with Gasteiger partial charge in [0.25, 0.3) is 0 Å². The number of hydrogen-bond acceptors (Lipinski definition) is 10. The number of rotatable bonds is 9. The summed E-state index contributed by atoms with van der Waals surface area (Å²) >= 11 is 3.19. The Hall–Kier alpha value is -2.89. The molecule has 0 saturated carbocycles. The fraction of sp³-hybridized carbons (Fsp3) is 0.409. The summed E-state index contributed by atoms with van der Waals surface area (Å²) in [5.74, 6) is 2.49. The van der Waals surface area contributed by atoms with Crippen molar-refractivity contribution in [3.63, 3.8) is 0 Å². The van der Waals surface area contributed by atoms with Gasteiger partial charge in [0.2, 0.25) is 29.4 Å². The molecule has 1 saturated heterocycles. The molecule has 172 valence electrons. The van der Waals surface area contributed by atoms with E-state index < -0.39 is 0 Å². The molecule has 0 spiro atoms. The highest BCUT2D eigenvalue weighted by Crippen LogP contribution is 2.22. The van der Waals surface area contributed by atoms with Crippen molar-refractivity contribution < 1.29 is 13.7 Å². The third kappa shape index (κ3) is 5.55. The Morgan fingerprint density at radius 3 is 2.76 bits per heavy atom. The smallest absolute Gasteiger partial charge is 0.248 e. The summed E-state index contributed by atoms with van der Waals surface area (Å²) in [6.07, 6.45) is 2.56. The molecule has 9 nitrogen and oxygen atoms in total. The zero-order valence-electron chi connectivity index (χ0n) is 18.1. The molecule has 1 fully saturated rings. The van der Waals surface area contributed by atoms with Gasteiger partial charge in [-0.15, -0.1) is 21.5 Å². The van der Waals surface area contributed by atoms with Crippen LogP contribution in [0.2, 0.25) is 0 Å². The van der Waals surface area contributed by atoms with Gasteiger partial charge in [-0.1, -0.05) is 11.2 Å². The molecule has 0 aromatic carbocycles. The van der Waals surface area contributed by atoms with Gasteiger partial charge >= 0.3 is 0 Å². The summed E-state index contributed by atoms with van der Waals surface area (Å²) < 4.78 is 11.0. The molecule has 5 heterocycles. The van der Waals surface area contributed by atoms with E-state index in [4.69, 9.17) is 8.94 Å². The number of piperazine rings is 1. The van der Waals surface area contributed by atoms with E-state index in [1.165, 1.54) is 0 Å². The van der Waals surface area contributed by atoms with E-state index in [1.807, 2.05) is 39.2 Å². The van der Waals surface area contributed by atoms with Gasteiger partial charge in [0.05, 0.1) is 4.88 Å². The van der Waals surface area contributed by atoms with E-state index in [0.717, 1.165) is 56.0 Å². The standard InChI is InChI=1S/C22H24N6O3S2/c29-20(6-5-19-24-25-22(30-19)16-7-14-32-15-16)28-11-9-27(10-12-28)8-1-4-18-23-21(26-31-18)17-3-2-13-33-17/h2-3,7,13-15H,1,4-6,8-12H2. The van der Waals surface area contributed by atoms with Crippen LogP contribution >= 0.6 is 22.7 Å². The minimum atomic E-state index is 0.136. The third-order valence-electron chi connectivity index (χ3n) is 5.59. The lowest BCUT2D eigenvalue weighted by molar-refractivity contribution is -0.133. The maximum absolute atomic E-state index is 12.6. The van der Waals surface area contributed by atoms with Crippen molar-refractivity contribution in [2.24, 2.45) is 0 Å². The van der Waals surface area contributed by atoms with Crippen LogP contribution in [-0.2, 0) is 17.6 Å². The van der Waals surface area contributed by atoms with E-state index in [2.05, 4.69) is 25.2 Å². The van der Waals surface area contributed by atoms with Gasteiger partial charge in [-0.25, -0.2) is 0 Å². The van der Waals surface area contributed by atoms with Crippen LogP contribution in [0.1, 0.15) is 24.6 Å². The van der Waals surface area contributed by atoms with Gasteiger partial charge in [-0.2, -0.15) is 16.3 Å². The molecule has 0 unspecified atom stereocenters. The highest BCUT2D eigenvalue weighted by Gasteiger charge is 2.21. The maximum Gasteiger partial charge on any atom is 0.248 e. The quantitative estimate of drug-likeness (QED) is 0.355. The lowest BCUT2D eigenvalue weighted by atomic mass is 10.2. The van der Waals surface area contributed by atoms with Gasteiger partial charge in [0.15, 0.2) is 0 Å². The SMILES string of the molecule is O=C(CCc1nnc(-c2ccsc2)o1)N1CCN(CCCc2nc(-c3cccs3)no2)CC1. The summed E-state index contributed by atoms with van der Waals surface area (Å²) in [6, 6.07) is 5.91. The molecule has 33 heavy (non-hydrogen) atoms. The topological polar surface area (TPSA) is 101 Å². The number of amides is 1. The number of thiophene rings is 2. The second kappa shape index (κ2) is 10.4. The first-order valence-electron chi connectivity index (χ1n) is 11.0. The van der Waals surface area contributed by atoms with E-state index in [1.54, 1.807) is 22.7 Å². The molecule has 4 aromatic heterocycles. The van der Waals surface area contributed by atoms with Crippen molar-refractivity contribution in [2.45, 2.75) is 25.7 Å². The number of aromatic nitrogens is 4. The summed E-state index contributed by atoms with van der Waals surface area (Å²) in [5, 5.41) is 18.1. The molecule has 1 amide bonds. The van der Waals surface area contributed by atoms with Crippen molar-refractivity contribution >= 4 is 28.6 Å². The Morgan fingerprint density at radius 1 is 1.06 bits per heavy atom. The van der Waals surface area contributed by atoms with E-state index in [0.29, 0.717) is 36.3 Å². The van der Waals surface area contributed by atoms with Gasteiger partial charge in [0.1, 0.15) is 0 Å². The highest BCUT2D eigenvalue weighted by atomic mass is 32.1. The predicted molar refractivity (Wildman–Crippen MR) is 125 cm³/mol. The molecule has 11 heteroatoms. The van der Waals surface area contributed by atoms with E-state index >= 15 is 0 Å². The largest absolute Gasteiger partial charge is 0.421 e.